The van der Waals surface area contributed by atoms with Crippen molar-refractivity contribution in [1.82, 2.24) is 4.90 Å². The fourth-order valence-corrected chi connectivity index (χ4v) is 3.78. The number of amides is 2. The van der Waals surface area contributed by atoms with Crippen molar-refractivity contribution in [3.63, 3.8) is 0 Å². The lowest BCUT2D eigenvalue weighted by atomic mass is 9.86. The molecule has 0 aliphatic carbocycles. The van der Waals surface area contributed by atoms with Crippen molar-refractivity contribution in [2.24, 2.45) is 5.92 Å². The van der Waals surface area contributed by atoms with E-state index in [0.717, 1.165) is 17.5 Å². The maximum absolute atomic E-state index is 12.7. The summed E-state index contributed by atoms with van der Waals surface area (Å²) in [6.45, 7) is 7.47. The number of benzene rings is 2. The lowest BCUT2D eigenvalue weighted by Crippen LogP contribution is -2.41. The molecule has 0 radical (unpaired) electrons. The third-order valence-corrected chi connectivity index (χ3v) is 5.81. The molecule has 0 saturated carbocycles. The van der Waals surface area contributed by atoms with E-state index < -0.39 is 0 Å². The molecule has 5 nitrogen and oxygen atoms in total. The smallest absolute Gasteiger partial charge is 0.227 e. The Hall–Kier alpha value is -2.82. The predicted octanol–water partition coefficient (Wildman–Crippen LogP) is 4.50. The van der Waals surface area contributed by atoms with Crippen molar-refractivity contribution in [3.05, 3.63) is 59.7 Å². The summed E-state index contributed by atoms with van der Waals surface area (Å²) in [5.41, 5.74) is 2.60. The number of phenolic OH excluding ortho intramolecular Hbond substituents is 1. The number of phenols is 1. The van der Waals surface area contributed by atoms with Gasteiger partial charge in [-0.2, -0.15) is 0 Å². The molecule has 2 amide bonds. The maximum Gasteiger partial charge on any atom is 0.227 e. The molecule has 2 aromatic rings. The summed E-state index contributed by atoms with van der Waals surface area (Å²) >= 11 is 0. The van der Waals surface area contributed by atoms with Crippen LogP contribution in [-0.2, 0) is 21.4 Å². The van der Waals surface area contributed by atoms with Crippen LogP contribution >= 0.6 is 0 Å². The fraction of sp³-hybridized carbons (Fsp3) is 0.440. The van der Waals surface area contributed by atoms with Crippen molar-refractivity contribution in [1.29, 1.82) is 0 Å². The zero-order valence-corrected chi connectivity index (χ0v) is 18.1. The number of anilines is 1. The van der Waals surface area contributed by atoms with E-state index in [0.29, 0.717) is 38.0 Å². The first-order valence-electron chi connectivity index (χ1n) is 10.7. The average Bonchev–Trinajstić information content (AvgIpc) is 2.73. The van der Waals surface area contributed by atoms with Gasteiger partial charge in [0.25, 0.3) is 0 Å². The summed E-state index contributed by atoms with van der Waals surface area (Å²) in [6, 6.07) is 15.4. The molecule has 0 spiro atoms. The van der Waals surface area contributed by atoms with Crippen LogP contribution in [0.1, 0.15) is 51.2 Å². The molecule has 0 atom stereocenters. The number of likely N-dealkylation sites (tertiary alicyclic amines) is 1. The van der Waals surface area contributed by atoms with Crippen molar-refractivity contribution < 1.29 is 14.7 Å². The quantitative estimate of drug-likeness (QED) is 0.716. The number of hydrogen-bond donors (Lipinski definition) is 2. The lowest BCUT2D eigenvalue weighted by molar-refractivity contribution is -0.134. The highest BCUT2D eigenvalue weighted by Crippen LogP contribution is 2.31. The van der Waals surface area contributed by atoms with Gasteiger partial charge in [-0.15, -0.1) is 0 Å². The molecular formula is C25H32N2O3. The van der Waals surface area contributed by atoms with Gasteiger partial charge in [0.2, 0.25) is 11.8 Å². The van der Waals surface area contributed by atoms with E-state index >= 15 is 0 Å². The number of carbonyl (C=O) groups is 2. The normalized spacial score (nSPS) is 15.1. The summed E-state index contributed by atoms with van der Waals surface area (Å²) in [4.78, 5) is 27.1. The molecule has 1 aliphatic heterocycles. The van der Waals surface area contributed by atoms with E-state index in [2.05, 4.69) is 26.1 Å². The van der Waals surface area contributed by atoms with Gasteiger partial charge >= 0.3 is 0 Å². The average molecular weight is 409 g/mol. The van der Waals surface area contributed by atoms with Gasteiger partial charge < -0.3 is 15.3 Å². The Morgan fingerprint density at radius 2 is 1.73 bits per heavy atom. The van der Waals surface area contributed by atoms with Gasteiger partial charge in [-0.25, -0.2) is 0 Å². The molecule has 1 aliphatic rings. The van der Waals surface area contributed by atoms with E-state index in [4.69, 9.17) is 0 Å². The Morgan fingerprint density at radius 1 is 1.07 bits per heavy atom. The highest BCUT2D eigenvalue weighted by atomic mass is 16.3. The Morgan fingerprint density at radius 3 is 2.37 bits per heavy atom. The molecule has 2 aromatic carbocycles. The number of aryl methyl sites for hydroxylation is 1. The lowest BCUT2D eigenvalue weighted by Gasteiger charge is -2.31. The van der Waals surface area contributed by atoms with Gasteiger partial charge in [0.1, 0.15) is 5.75 Å². The highest BCUT2D eigenvalue weighted by Gasteiger charge is 2.28. The number of rotatable bonds is 5. The van der Waals surface area contributed by atoms with Crippen LogP contribution in [0, 0.1) is 5.92 Å². The Kier molecular flexibility index (Phi) is 6.80. The number of piperidine rings is 1. The Balaban J connectivity index is 1.51. The summed E-state index contributed by atoms with van der Waals surface area (Å²) in [5, 5.41) is 13.0. The van der Waals surface area contributed by atoms with Crippen LogP contribution in [0.4, 0.5) is 5.69 Å². The molecular weight excluding hydrogens is 376 g/mol. The SMILES string of the molecule is CC(C)(C)c1ccc(O)c(NC(=O)C2CCN(C(=O)CCc3ccccc3)CC2)c1. The van der Waals surface area contributed by atoms with E-state index in [1.807, 2.05) is 47.4 Å². The zero-order chi connectivity index (χ0) is 21.7. The summed E-state index contributed by atoms with van der Waals surface area (Å²) < 4.78 is 0. The maximum atomic E-state index is 12.7. The van der Waals surface area contributed by atoms with Crippen LogP contribution < -0.4 is 5.32 Å². The third kappa shape index (κ3) is 5.62. The Labute approximate surface area is 179 Å². The molecule has 1 saturated heterocycles. The van der Waals surface area contributed by atoms with E-state index in [1.165, 1.54) is 0 Å². The van der Waals surface area contributed by atoms with Crippen LogP contribution in [-0.4, -0.2) is 34.9 Å². The van der Waals surface area contributed by atoms with Crippen LogP contribution in [0.5, 0.6) is 5.75 Å². The molecule has 0 bridgehead atoms. The zero-order valence-electron chi connectivity index (χ0n) is 18.1. The first kappa shape index (κ1) is 21.9. The van der Waals surface area contributed by atoms with Gasteiger partial charge in [0.05, 0.1) is 5.69 Å². The van der Waals surface area contributed by atoms with Crippen molar-refractivity contribution in [2.75, 3.05) is 18.4 Å². The number of aromatic hydroxyl groups is 1. The fourth-order valence-electron chi connectivity index (χ4n) is 3.78. The first-order chi connectivity index (χ1) is 14.2. The van der Waals surface area contributed by atoms with Gasteiger partial charge in [-0.3, -0.25) is 9.59 Å². The summed E-state index contributed by atoms with van der Waals surface area (Å²) in [7, 11) is 0. The summed E-state index contributed by atoms with van der Waals surface area (Å²) in [5.74, 6) is -0.0216. The monoisotopic (exact) mass is 408 g/mol. The number of nitrogens with zero attached hydrogens (tertiary/aromatic N) is 1. The predicted molar refractivity (Wildman–Crippen MR) is 120 cm³/mol. The van der Waals surface area contributed by atoms with Crippen molar-refractivity contribution in [3.8, 4) is 5.75 Å². The number of hydrogen-bond acceptors (Lipinski definition) is 3. The van der Waals surface area contributed by atoms with Crippen LogP contribution in [0.15, 0.2) is 48.5 Å². The molecule has 3 rings (SSSR count). The standard InChI is InChI=1S/C25H32N2O3/c1-25(2,3)20-10-11-22(28)21(17-20)26-24(30)19-13-15-27(16-14-19)23(29)12-9-18-7-5-4-6-8-18/h4-8,10-11,17,19,28H,9,12-16H2,1-3H3,(H,26,30). The van der Waals surface area contributed by atoms with E-state index in [9.17, 15) is 14.7 Å². The minimum Gasteiger partial charge on any atom is -0.506 e. The number of nitrogens with one attached hydrogen (secondary N) is 1. The largest absolute Gasteiger partial charge is 0.506 e. The number of carbonyl (C=O) groups excluding carboxylic acids is 2. The minimum absolute atomic E-state index is 0.0708. The molecule has 1 fully saturated rings. The van der Waals surface area contributed by atoms with Gasteiger partial charge in [0, 0.05) is 25.4 Å². The van der Waals surface area contributed by atoms with E-state index in [-0.39, 0.29) is 28.9 Å². The first-order valence-corrected chi connectivity index (χ1v) is 10.7. The van der Waals surface area contributed by atoms with Crippen LogP contribution in [0.3, 0.4) is 0 Å². The van der Waals surface area contributed by atoms with Gasteiger partial charge in [-0.05, 0) is 47.9 Å². The second-order valence-corrected chi connectivity index (χ2v) is 9.11. The molecule has 1 heterocycles. The third-order valence-electron chi connectivity index (χ3n) is 5.81. The topological polar surface area (TPSA) is 69.6 Å². The molecule has 5 heteroatoms. The molecule has 0 unspecified atom stereocenters. The summed E-state index contributed by atoms with van der Waals surface area (Å²) in [6.07, 6.45) is 2.52. The molecule has 160 valence electrons. The van der Waals surface area contributed by atoms with Gasteiger partial charge in [0.15, 0.2) is 0 Å². The second-order valence-electron chi connectivity index (χ2n) is 9.11. The van der Waals surface area contributed by atoms with Crippen LogP contribution in [0.25, 0.3) is 0 Å². The molecule has 30 heavy (non-hydrogen) atoms. The van der Waals surface area contributed by atoms with Gasteiger partial charge in [-0.1, -0.05) is 57.2 Å². The minimum atomic E-state index is -0.152. The van der Waals surface area contributed by atoms with Crippen molar-refractivity contribution >= 4 is 17.5 Å². The van der Waals surface area contributed by atoms with E-state index in [1.54, 1.807) is 6.07 Å². The highest BCUT2D eigenvalue weighted by molar-refractivity contribution is 5.94. The molecule has 0 aromatic heterocycles. The van der Waals surface area contributed by atoms with Crippen LogP contribution in [0.2, 0.25) is 0 Å². The van der Waals surface area contributed by atoms with Crippen molar-refractivity contribution in [2.45, 2.75) is 51.9 Å². The Bertz CT molecular complexity index is 879. The molecule has 2 N–H and O–H groups in total. The second kappa shape index (κ2) is 9.33.